The van der Waals surface area contributed by atoms with E-state index in [4.69, 9.17) is 0 Å². The van der Waals surface area contributed by atoms with Gasteiger partial charge in [-0.15, -0.1) is 0 Å². The third kappa shape index (κ3) is 3.75. The molecule has 110 valence electrons. The van der Waals surface area contributed by atoms with E-state index in [1.807, 2.05) is 12.1 Å². The van der Waals surface area contributed by atoms with Gasteiger partial charge in [-0.1, -0.05) is 34.1 Å². The Morgan fingerprint density at radius 1 is 1.05 bits per heavy atom. The number of halogens is 4. The zero-order valence-electron chi connectivity index (χ0n) is 10.6. The molecule has 0 aliphatic rings. The normalized spacial score (nSPS) is 10.3. The number of anilines is 1. The topological polar surface area (TPSA) is 41.1 Å². The molecule has 0 aliphatic heterocycles. The van der Waals surface area contributed by atoms with Crippen LogP contribution in [0.4, 0.5) is 23.7 Å². The summed E-state index contributed by atoms with van der Waals surface area (Å²) in [6, 6.07) is 8.19. The first-order valence-corrected chi connectivity index (χ1v) is 6.70. The second-order valence-corrected chi connectivity index (χ2v) is 4.98. The number of hydrogen-bond donors (Lipinski definition) is 2. The SMILES string of the molecule is O=C(NCc1ccccc1Br)Nc1ccc(F)c(F)c1F. The number of urea groups is 1. The van der Waals surface area contributed by atoms with E-state index in [2.05, 4.69) is 26.6 Å². The summed E-state index contributed by atoms with van der Waals surface area (Å²) < 4.78 is 40.0. The van der Waals surface area contributed by atoms with E-state index in [0.29, 0.717) is 0 Å². The summed E-state index contributed by atoms with van der Waals surface area (Å²) in [4.78, 5) is 11.6. The highest BCUT2D eigenvalue weighted by Gasteiger charge is 2.15. The number of hydrogen-bond acceptors (Lipinski definition) is 1. The quantitative estimate of drug-likeness (QED) is 0.793. The maximum absolute atomic E-state index is 13.4. The summed E-state index contributed by atoms with van der Waals surface area (Å²) in [7, 11) is 0. The molecule has 7 heteroatoms. The van der Waals surface area contributed by atoms with E-state index in [-0.39, 0.29) is 6.54 Å². The standard InChI is InChI=1S/C14H10BrF3N2O/c15-9-4-2-1-3-8(9)7-19-14(21)20-11-6-5-10(16)12(17)13(11)18/h1-6H,7H2,(H2,19,20,21). The lowest BCUT2D eigenvalue weighted by Crippen LogP contribution is -2.28. The molecule has 0 fully saturated rings. The molecule has 2 N–H and O–H groups in total. The van der Waals surface area contributed by atoms with Crippen molar-refractivity contribution in [2.75, 3.05) is 5.32 Å². The van der Waals surface area contributed by atoms with Crippen LogP contribution in [0, 0.1) is 17.5 Å². The summed E-state index contributed by atoms with van der Waals surface area (Å²) in [6.07, 6.45) is 0. The Balaban J connectivity index is 2.00. The second kappa shape index (κ2) is 6.62. The zero-order valence-corrected chi connectivity index (χ0v) is 12.2. The Bertz CT molecular complexity index is 679. The molecule has 21 heavy (non-hydrogen) atoms. The summed E-state index contributed by atoms with van der Waals surface area (Å²) in [5.74, 6) is -4.38. The minimum Gasteiger partial charge on any atom is -0.334 e. The lowest BCUT2D eigenvalue weighted by Gasteiger charge is -2.10. The van der Waals surface area contributed by atoms with Crippen LogP contribution < -0.4 is 10.6 Å². The van der Waals surface area contributed by atoms with Crippen LogP contribution in [-0.4, -0.2) is 6.03 Å². The molecule has 2 aromatic rings. The number of nitrogens with one attached hydrogen (secondary N) is 2. The summed E-state index contributed by atoms with van der Waals surface area (Å²) in [5.41, 5.74) is 0.386. The smallest absolute Gasteiger partial charge is 0.319 e. The van der Waals surface area contributed by atoms with Crippen LogP contribution in [0.5, 0.6) is 0 Å². The van der Waals surface area contributed by atoms with Crippen LogP contribution in [0.3, 0.4) is 0 Å². The average Bonchev–Trinajstić information content (AvgIpc) is 2.47. The molecule has 0 aromatic heterocycles. The first-order chi connectivity index (χ1) is 9.99. The Morgan fingerprint density at radius 2 is 1.76 bits per heavy atom. The number of amides is 2. The molecule has 0 aliphatic carbocycles. The van der Waals surface area contributed by atoms with Gasteiger partial charge in [-0.25, -0.2) is 18.0 Å². The number of carbonyl (C=O) groups is 1. The summed E-state index contributed by atoms with van der Waals surface area (Å²) in [5, 5.41) is 4.61. The zero-order chi connectivity index (χ0) is 15.4. The molecule has 0 bridgehead atoms. The van der Waals surface area contributed by atoms with E-state index in [9.17, 15) is 18.0 Å². The van der Waals surface area contributed by atoms with Gasteiger partial charge in [0.25, 0.3) is 0 Å². The number of carbonyl (C=O) groups excluding carboxylic acids is 1. The molecule has 0 saturated carbocycles. The molecule has 0 spiro atoms. The maximum Gasteiger partial charge on any atom is 0.319 e. The largest absolute Gasteiger partial charge is 0.334 e. The molecular formula is C14H10BrF3N2O. The van der Waals surface area contributed by atoms with Crippen molar-refractivity contribution in [1.29, 1.82) is 0 Å². The lowest BCUT2D eigenvalue weighted by molar-refractivity contribution is 0.251. The van der Waals surface area contributed by atoms with Crippen molar-refractivity contribution >= 4 is 27.6 Å². The Kier molecular flexibility index (Phi) is 4.85. The maximum atomic E-state index is 13.4. The predicted molar refractivity (Wildman–Crippen MR) is 76.3 cm³/mol. The van der Waals surface area contributed by atoms with E-state index >= 15 is 0 Å². The van der Waals surface area contributed by atoms with Crippen LogP contribution in [0.15, 0.2) is 40.9 Å². The molecule has 2 aromatic carbocycles. The fourth-order valence-electron chi connectivity index (χ4n) is 1.61. The van der Waals surface area contributed by atoms with E-state index in [1.165, 1.54) is 0 Å². The van der Waals surface area contributed by atoms with Crippen LogP contribution in [-0.2, 0) is 6.54 Å². The first-order valence-electron chi connectivity index (χ1n) is 5.91. The van der Waals surface area contributed by atoms with Crippen LogP contribution in [0.2, 0.25) is 0 Å². The minimum absolute atomic E-state index is 0.193. The fraction of sp³-hybridized carbons (Fsp3) is 0.0714. The molecule has 0 radical (unpaired) electrons. The van der Waals surface area contributed by atoms with Crippen LogP contribution in [0.25, 0.3) is 0 Å². The van der Waals surface area contributed by atoms with Gasteiger partial charge in [0.1, 0.15) is 0 Å². The molecule has 0 heterocycles. The highest BCUT2D eigenvalue weighted by atomic mass is 79.9. The van der Waals surface area contributed by atoms with Gasteiger partial charge in [-0.2, -0.15) is 0 Å². The van der Waals surface area contributed by atoms with Crippen molar-refractivity contribution in [1.82, 2.24) is 5.32 Å². The Labute approximate surface area is 127 Å². The monoisotopic (exact) mass is 358 g/mol. The van der Waals surface area contributed by atoms with Gasteiger partial charge in [0.2, 0.25) is 0 Å². The van der Waals surface area contributed by atoms with Gasteiger partial charge in [-0.05, 0) is 23.8 Å². The predicted octanol–water partition coefficient (Wildman–Crippen LogP) is 4.19. The molecule has 2 rings (SSSR count). The van der Waals surface area contributed by atoms with E-state index in [1.54, 1.807) is 12.1 Å². The molecule has 3 nitrogen and oxygen atoms in total. The summed E-state index contributed by atoms with van der Waals surface area (Å²) in [6.45, 7) is 0.193. The average molecular weight is 359 g/mol. The fourth-order valence-corrected chi connectivity index (χ4v) is 2.03. The Hall–Kier alpha value is -2.02. The summed E-state index contributed by atoms with van der Waals surface area (Å²) >= 11 is 3.32. The molecule has 2 amide bonds. The molecule has 0 unspecified atom stereocenters. The molecule has 0 saturated heterocycles. The van der Waals surface area contributed by atoms with Crippen molar-refractivity contribution in [3.05, 3.63) is 63.9 Å². The van der Waals surface area contributed by atoms with E-state index < -0.39 is 29.2 Å². The number of benzene rings is 2. The van der Waals surface area contributed by atoms with Gasteiger partial charge in [-0.3, -0.25) is 0 Å². The highest BCUT2D eigenvalue weighted by Crippen LogP contribution is 2.19. The minimum atomic E-state index is -1.63. The third-order valence-corrected chi connectivity index (χ3v) is 3.45. The highest BCUT2D eigenvalue weighted by molar-refractivity contribution is 9.10. The van der Waals surface area contributed by atoms with Gasteiger partial charge in [0.05, 0.1) is 5.69 Å². The molecule has 0 atom stereocenters. The number of rotatable bonds is 3. The van der Waals surface area contributed by atoms with Crippen molar-refractivity contribution < 1.29 is 18.0 Å². The van der Waals surface area contributed by atoms with Crippen molar-refractivity contribution in [3.8, 4) is 0 Å². The molecular weight excluding hydrogens is 349 g/mol. The van der Waals surface area contributed by atoms with Crippen molar-refractivity contribution in [3.63, 3.8) is 0 Å². The van der Waals surface area contributed by atoms with Crippen LogP contribution >= 0.6 is 15.9 Å². The van der Waals surface area contributed by atoms with E-state index in [0.717, 1.165) is 22.2 Å². The van der Waals surface area contributed by atoms with Crippen molar-refractivity contribution in [2.24, 2.45) is 0 Å². The first kappa shape index (κ1) is 15.4. The lowest BCUT2D eigenvalue weighted by atomic mass is 10.2. The van der Waals surface area contributed by atoms with Gasteiger partial charge < -0.3 is 10.6 Å². The van der Waals surface area contributed by atoms with Gasteiger partial charge >= 0.3 is 6.03 Å². The third-order valence-electron chi connectivity index (χ3n) is 2.68. The van der Waals surface area contributed by atoms with Gasteiger partial charge in [0.15, 0.2) is 17.5 Å². The van der Waals surface area contributed by atoms with Crippen LogP contribution in [0.1, 0.15) is 5.56 Å². The van der Waals surface area contributed by atoms with Gasteiger partial charge in [0, 0.05) is 11.0 Å². The van der Waals surface area contributed by atoms with Crippen molar-refractivity contribution in [2.45, 2.75) is 6.54 Å². The Morgan fingerprint density at radius 3 is 2.48 bits per heavy atom. The second-order valence-electron chi connectivity index (χ2n) is 4.12.